The van der Waals surface area contributed by atoms with Crippen LogP contribution in [0.2, 0.25) is 0 Å². The van der Waals surface area contributed by atoms with Crippen LogP contribution in [0.25, 0.3) is 0 Å². The lowest BCUT2D eigenvalue weighted by Crippen LogP contribution is -2.46. The van der Waals surface area contributed by atoms with E-state index in [0.717, 1.165) is 6.54 Å². The van der Waals surface area contributed by atoms with E-state index in [2.05, 4.69) is 37.9 Å². The Hall–Kier alpha value is -0.120. The average Bonchev–Trinajstić information content (AvgIpc) is 2.73. The van der Waals surface area contributed by atoms with Crippen LogP contribution in [-0.4, -0.2) is 42.4 Å². The molecule has 3 unspecified atom stereocenters. The van der Waals surface area contributed by atoms with Crippen LogP contribution in [0, 0.1) is 5.92 Å². The summed E-state index contributed by atoms with van der Waals surface area (Å²) >= 11 is 0. The van der Waals surface area contributed by atoms with Crippen molar-refractivity contribution in [2.75, 3.05) is 19.6 Å². The highest BCUT2D eigenvalue weighted by Crippen LogP contribution is 2.32. The lowest BCUT2D eigenvalue weighted by atomic mass is 9.97. The summed E-state index contributed by atoms with van der Waals surface area (Å²) in [4.78, 5) is 2.55. The van der Waals surface area contributed by atoms with Crippen molar-refractivity contribution in [2.45, 2.75) is 52.0 Å². The van der Waals surface area contributed by atoms with Gasteiger partial charge < -0.3 is 9.64 Å². The molecule has 3 atom stereocenters. The number of nitrogens with zero attached hydrogens (tertiary/aromatic N) is 1. The van der Waals surface area contributed by atoms with Crippen LogP contribution in [0.3, 0.4) is 0 Å². The third kappa shape index (κ3) is 2.19. The molecule has 0 spiro atoms. The molecule has 0 saturated carbocycles. The molecule has 2 fully saturated rings. The lowest BCUT2D eigenvalue weighted by molar-refractivity contribution is -0.0690. The first-order chi connectivity index (χ1) is 7.01. The summed E-state index contributed by atoms with van der Waals surface area (Å²) in [6.45, 7) is 12.3. The van der Waals surface area contributed by atoms with E-state index >= 15 is 0 Å². The van der Waals surface area contributed by atoms with Gasteiger partial charge in [0.15, 0.2) is 0 Å². The zero-order valence-electron chi connectivity index (χ0n) is 10.4. The van der Waals surface area contributed by atoms with Crippen molar-refractivity contribution >= 4 is 0 Å². The molecule has 0 bridgehead atoms. The zero-order chi connectivity index (χ0) is 11.1. The molecule has 2 aliphatic rings. The molecule has 0 aliphatic carbocycles. The van der Waals surface area contributed by atoms with E-state index in [-0.39, 0.29) is 5.72 Å². The fraction of sp³-hybridized carbons (Fsp3) is 1.00. The standard InChI is InChI=1S/C12H24N2O/c1-9(2)14-6-5-11(8-14)12(4)13-7-10(3)15-12/h9-11,13H,5-8H2,1-4H3. The summed E-state index contributed by atoms with van der Waals surface area (Å²) in [5, 5.41) is 3.54. The quantitative estimate of drug-likeness (QED) is 0.749. The van der Waals surface area contributed by atoms with Crippen LogP contribution in [0.15, 0.2) is 0 Å². The first-order valence-corrected chi connectivity index (χ1v) is 6.18. The van der Waals surface area contributed by atoms with Gasteiger partial charge in [-0.1, -0.05) is 0 Å². The fourth-order valence-electron chi connectivity index (χ4n) is 2.79. The Bertz CT molecular complexity index is 232. The summed E-state index contributed by atoms with van der Waals surface area (Å²) in [6.07, 6.45) is 1.62. The van der Waals surface area contributed by atoms with Gasteiger partial charge in [-0.25, -0.2) is 0 Å². The Morgan fingerprint density at radius 3 is 2.67 bits per heavy atom. The van der Waals surface area contributed by atoms with Crippen molar-refractivity contribution in [3.63, 3.8) is 0 Å². The van der Waals surface area contributed by atoms with E-state index in [1.165, 1.54) is 19.5 Å². The third-order valence-corrected chi connectivity index (χ3v) is 3.92. The Morgan fingerprint density at radius 2 is 2.20 bits per heavy atom. The van der Waals surface area contributed by atoms with Gasteiger partial charge in [0.1, 0.15) is 5.72 Å². The Labute approximate surface area is 93.2 Å². The second-order valence-corrected chi connectivity index (χ2v) is 5.49. The number of hydrogen-bond donors (Lipinski definition) is 1. The van der Waals surface area contributed by atoms with Gasteiger partial charge in [-0.3, -0.25) is 5.32 Å². The highest BCUT2D eigenvalue weighted by atomic mass is 16.5. The highest BCUT2D eigenvalue weighted by molar-refractivity contribution is 4.93. The smallest absolute Gasteiger partial charge is 0.121 e. The van der Waals surface area contributed by atoms with Crippen molar-refractivity contribution in [2.24, 2.45) is 5.92 Å². The number of rotatable bonds is 2. The van der Waals surface area contributed by atoms with E-state index in [4.69, 9.17) is 4.74 Å². The second kappa shape index (κ2) is 4.04. The predicted molar refractivity (Wildman–Crippen MR) is 61.8 cm³/mol. The van der Waals surface area contributed by atoms with Crippen molar-refractivity contribution < 1.29 is 4.74 Å². The molecule has 88 valence electrons. The molecular formula is C12H24N2O. The topological polar surface area (TPSA) is 24.5 Å². The lowest BCUT2D eigenvalue weighted by Gasteiger charge is -2.31. The summed E-state index contributed by atoms with van der Waals surface area (Å²) in [7, 11) is 0. The van der Waals surface area contributed by atoms with Gasteiger partial charge in [0.05, 0.1) is 6.10 Å². The molecule has 3 nitrogen and oxygen atoms in total. The molecule has 2 rings (SSSR count). The molecule has 15 heavy (non-hydrogen) atoms. The van der Waals surface area contributed by atoms with Crippen LogP contribution in [0.5, 0.6) is 0 Å². The van der Waals surface area contributed by atoms with E-state index in [1.807, 2.05) is 0 Å². The van der Waals surface area contributed by atoms with Gasteiger partial charge >= 0.3 is 0 Å². The molecule has 1 N–H and O–H groups in total. The largest absolute Gasteiger partial charge is 0.356 e. The number of ether oxygens (including phenoxy) is 1. The minimum Gasteiger partial charge on any atom is -0.356 e. The average molecular weight is 212 g/mol. The first-order valence-electron chi connectivity index (χ1n) is 6.18. The maximum Gasteiger partial charge on any atom is 0.121 e. The minimum absolute atomic E-state index is 0.0803. The van der Waals surface area contributed by atoms with Crippen molar-refractivity contribution in [1.29, 1.82) is 0 Å². The summed E-state index contributed by atoms with van der Waals surface area (Å²) in [6, 6.07) is 0.664. The van der Waals surface area contributed by atoms with Crippen LogP contribution in [0.1, 0.15) is 34.1 Å². The fourth-order valence-corrected chi connectivity index (χ4v) is 2.79. The molecule has 0 aromatic carbocycles. The van der Waals surface area contributed by atoms with Gasteiger partial charge in [0.2, 0.25) is 0 Å². The predicted octanol–water partition coefficient (Wildman–Crippen LogP) is 1.44. The van der Waals surface area contributed by atoms with Gasteiger partial charge in [-0.2, -0.15) is 0 Å². The third-order valence-electron chi connectivity index (χ3n) is 3.92. The molecule has 0 aromatic rings. The summed E-state index contributed by atoms with van der Waals surface area (Å²) < 4.78 is 6.02. The van der Waals surface area contributed by atoms with Gasteiger partial charge in [-0.15, -0.1) is 0 Å². The van der Waals surface area contributed by atoms with Gasteiger partial charge in [0, 0.05) is 25.0 Å². The molecule has 0 amide bonds. The number of hydrogen-bond acceptors (Lipinski definition) is 3. The van der Waals surface area contributed by atoms with Gasteiger partial charge in [0.25, 0.3) is 0 Å². The van der Waals surface area contributed by atoms with E-state index in [1.54, 1.807) is 0 Å². The first kappa shape index (κ1) is 11.4. The Kier molecular flexibility index (Phi) is 3.06. The number of likely N-dealkylation sites (tertiary alicyclic amines) is 1. The summed E-state index contributed by atoms with van der Waals surface area (Å²) in [5.74, 6) is 0.643. The zero-order valence-corrected chi connectivity index (χ0v) is 10.4. The van der Waals surface area contributed by atoms with Crippen LogP contribution in [-0.2, 0) is 4.74 Å². The van der Waals surface area contributed by atoms with Crippen LogP contribution < -0.4 is 5.32 Å². The van der Waals surface area contributed by atoms with Crippen molar-refractivity contribution in [1.82, 2.24) is 10.2 Å². The normalized spacial score (nSPS) is 43.0. The number of nitrogens with one attached hydrogen (secondary N) is 1. The minimum atomic E-state index is -0.0803. The molecule has 0 aromatic heterocycles. The molecule has 2 heterocycles. The van der Waals surface area contributed by atoms with Crippen molar-refractivity contribution in [3.05, 3.63) is 0 Å². The molecule has 2 aliphatic heterocycles. The summed E-state index contributed by atoms with van der Waals surface area (Å²) in [5.41, 5.74) is -0.0803. The Morgan fingerprint density at radius 1 is 1.47 bits per heavy atom. The second-order valence-electron chi connectivity index (χ2n) is 5.49. The maximum atomic E-state index is 6.02. The molecule has 0 radical (unpaired) electrons. The van der Waals surface area contributed by atoms with E-state index in [0.29, 0.717) is 18.1 Å². The SMILES string of the molecule is CC1CNC(C)(C2CCN(C(C)C)C2)O1. The van der Waals surface area contributed by atoms with E-state index < -0.39 is 0 Å². The van der Waals surface area contributed by atoms with E-state index in [9.17, 15) is 0 Å². The Balaban J connectivity index is 1.95. The monoisotopic (exact) mass is 212 g/mol. The maximum absolute atomic E-state index is 6.02. The van der Waals surface area contributed by atoms with Crippen molar-refractivity contribution in [3.8, 4) is 0 Å². The molecule has 2 saturated heterocycles. The highest BCUT2D eigenvalue weighted by Gasteiger charge is 2.43. The molecule has 3 heteroatoms. The van der Waals surface area contributed by atoms with Crippen LogP contribution >= 0.6 is 0 Å². The molecular weight excluding hydrogens is 188 g/mol. The van der Waals surface area contributed by atoms with Gasteiger partial charge in [-0.05, 0) is 40.7 Å². The van der Waals surface area contributed by atoms with Crippen LogP contribution in [0.4, 0.5) is 0 Å².